The first kappa shape index (κ1) is 17.9. The molecule has 0 aromatic heterocycles. The first-order valence-corrected chi connectivity index (χ1v) is 6.62. The maximum absolute atomic E-state index is 12.0. The molecule has 1 rings (SSSR count). The van der Waals surface area contributed by atoms with Crippen molar-refractivity contribution in [2.75, 3.05) is 5.32 Å². The van der Waals surface area contributed by atoms with Crippen molar-refractivity contribution < 1.29 is 4.79 Å². The van der Waals surface area contributed by atoms with Crippen molar-refractivity contribution in [3.05, 3.63) is 29.8 Å². The van der Waals surface area contributed by atoms with Gasteiger partial charge in [0.15, 0.2) is 0 Å². The Morgan fingerprint density at radius 1 is 1.32 bits per heavy atom. The molecule has 19 heavy (non-hydrogen) atoms. The second-order valence-corrected chi connectivity index (χ2v) is 5.18. The molecule has 0 saturated heterocycles. The second-order valence-electron chi connectivity index (χ2n) is 5.18. The molecule has 0 radical (unpaired) electrons. The van der Waals surface area contributed by atoms with Crippen LogP contribution in [0.4, 0.5) is 5.69 Å². The van der Waals surface area contributed by atoms with Crippen molar-refractivity contribution in [2.24, 2.45) is 11.7 Å². The van der Waals surface area contributed by atoms with Crippen LogP contribution in [0.2, 0.25) is 0 Å². The molecule has 0 fully saturated rings. The summed E-state index contributed by atoms with van der Waals surface area (Å²) in [6.45, 7) is 8.30. The molecule has 0 saturated carbocycles. The first-order valence-electron chi connectivity index (χ1n) is 6.62. The molecular weight excluding hydrogens is 260 g/mol. The molecule has 2 atom stereocenters. The summed E-state index contributed by atoms with van der Waals surface area (Å²) in [5.74, 6) is 0.536. The van der Waals surface area contributed by atoms with Crippen LogP contribution in [0.5, 0.6) is 0 Å². The highest BCUT2D eigenvalue weighted by Gasteiger charge is 2.19. The topological polar surface area (TPSA) is 55.1 Å². The average Bonchev–Trinajstić information content (AvgIpc) is 2.37. The van der Waals surface area contributed by atoms with Crippen LogP contribution in [0.3, 0.4) is 0 Å². The number of benzene rings is 1. The molecule has 0 aliphatic carbocycles. The lowest BCUT2D eigenvalue weighted by molar-refractivity contribution is -0.118. The summed E-state index contributed by atoms with van der Waals surface area (Å²) in [7, 11) is 0. The lowest BCUT2D eigenvalue weighted by atomic mass is 9.99. The number of nitrogens with two attached hydrogens (primary N) is 1. The Bertz CT molecular complexity index is 407. The van der Waals surface area contributed by atoms with E-state index in [1.54, 1.807) is 0 Å². The fourth-order valence-electron chi connectivity index (χ4n) is 1.71. The number of halogens is 1. The summed E-state index contributed by atoms with van der Waals surface area (Å²) in [6, 6.07) is 7.48. The van der Waals surface area contributed by atoms with E-state index in [9.17, 15) is 4.79 Å². The van der Waals surface area contributed by atoms with Gasteiger partial charge < -0.3 is 11.1 Å². The van der Waals surface area contributed by atoms with Crippen molar-refractivity contribution in [3.63, 3.8) is 0 Å². The van der Waals surface area contributed by atoms with Crippen LogP contribution in [-0.4, -0.2) is 11.9 Å². The largest absolute Gasteiger partial charge is 0.325 e. The fraction of sp³-hybridized carbons (Fsp3) is 0.533. The predicted octanol–water partition coefficient (Wildman–Crippen LogP) is 3.54. The van der Waals surface area contributed by atoms with Gasteiger partial charge in [-0.2, -0.15) is 0 Å². The van der Waals surface area contributed by atoms with E-state index in [1.807, 2.05) is 32.0 Å². The predicted molar refractivity (Wildman–Crippen MR) is 83.8 cm³/mol. The first-order chi connectivity index (χ1) is 8.45. The summed E-state index contributed by atoms with van der Waals surface area (Å²) in [5, 5.41) is 2.89. The van der Waals surface area contributed by atoms with Gasteiger partial charge in [0.25, 0.3) is 0 Å². The van der Waals surface area contributed by atoms with Gasteiger partial charge in [-0.25, -0.2) is 0 Å². The summed E-state index contributed by atoms with van der Waals surface area (Å²) < 4.78 is 0. The van der Waals surface area contributed by atoms with Crippen LogP contribution in [-0.2, 0) is 4.79 Å². The Morgan fingerprint density at radius 2 is 1.95 bits per heavy atom. The lowest BCUT2D eigenvalue weighted by Gasteiger charge is -2.18. The van der Waals surface area contributed by atoms with E-state index in [4.69, 9.17) is 5.73 Å². The van der Waals surface area contributed by atoms with E-state index in [0.29, 0.717) is 5.92 Å². The monoisotopic (exact) mass is 284 g/mol. The van der Waals surface area contributed by atoms with E-state index in [1.165, 1.54) is 5.56 Å². The zero-order valence-corrected chi connectivity index (χ0v) is 13.0. The van der Waals surface area contributed by atoms with E-state index in [2.05, 4.69) is 25.2 Å². The number of carbonyl (C=O) groups excluding carboxylic acids is 1. The Morgan fingerprint density at radius 3 is 2.47 bits per heavy atom. The number of hydrogen-bond acceptors (Lipinski definition) is 2. The van der Waals surface area contributed by atoms with Crippen molar-refractivity contribution >= 4 is 24.0 Å². The van der Waals surface area contributed by atoms with Crippen molar-refractivity contribution in [1.29, 1.82) is 0 Å². The van der Waals surface area contributed by atoms with Crippen LogP contribution in [0.1, 0.15) is 45.6 Å². The van der Waals surface area contributed by atoms with Crippen LogP contribution < -0.4 is 11.1 Å². The summed E-state index contributed by atoms with van der Waals surface area (Å²) in [6.07, 6.45) is 0.903. The zero-order chi connectivity index (χ0) is 13.7. The number of anilines is 1. The summed E-state index contributed by atoms with van der Waals surface area (Å²) in [4.78, 5) is 12.0. The average molecular weight is 285 g/mol. The van der Waals surface area contributed by atoms with E-state index >= 15 is 0 Å². The Hall–Kier alpha value is -1.06. The maximum atomic E-state index is 12.0. The number of nitrogens with one attached hydrogen (secondary N) is 1. The molecule has 0 aliphatic heterocycles. The van der Waals surface area contributed by atoms with Gasteiger partial charge in [-0.3, -0.25) is 4.79 Å². The molecule has 108 valence electrons. The molecule has 4 heteroatoms. The van der Waals surface area contributed by atoms with Gasteiger partial charge in [0.05, 0.1) is 6.04 Å². The molecule has 3 N–H and O–H groups in total. The summed E-state index contributed by atoms with van der Waals surface area (Å²) in [5.41, 5.74) is 7.94. The highest BCUT2D eigenvalue weighted by molar-refractivity contribution is 5.94. The van der Waals surface area contributed by atoms with Crippen LogP contribution >= 0.6 is 12.4 Å². The van der Waals surface area contributed by atoms with Gasteiger partial charge >= 0.3 is 0 Å². The molecule has 0 spiro atoms. The quantitative estimate of drug-likeness (QED) is 0.869. The fourth-order valence-corrected chi connectivity index (χ4v) is 1.71. The van der Waals surface area contributed by atoms with E-state index in [0.717, 1.165) is 12.1 Å². The van der Waals surface area contributed by atoms with Gasteiger partial charge in [-0.15, -0.1) is 12.4 Å². The third-order valence-electron chi connectivity index (χ3n) is 3.38. The Labute approximate surface area is 122 Å². The number of rotatable bonds is 5. The van der Waals surface area contributed by atoms with Crippen molar-refractivity contribution in [1.82, 2.24) is 0 Å². The minimum Gasteiger partial charge on any atom is -0.325 e. The van der Waals surface area contributed by atoms with Gasteiger partial charge in [-0.05, 0) is 29.5 Å². The zero-order valence-electron chi connectivity index (χ0n) is 12.1. The van der Waals surface area contributed by atoms with Crippen LogP contribution in [0.15, 0.2) is 24.3 Å². The minimum atomic E-state index is -0.447. The van der Waals surface area contributed by atoms with Gasteiger partial charge in [0, 0.05) is 5.69 Å². The third kappa shape index (κ3) is 5.21. The SMILES string of the molecule is CCC(C)C(N)C(=O)Nc1cccc(C(C)C)c1.Cl. The smallest absolute Gasteiger partial charge is 0.241 e. The molecule has 1 aromatic rings. The molecule has 1 amide bonds. The highest BCUT2D eigenvalue weighted by Crippen LogP contribution is 2.19. The van der Waals surface area contributed by atoms with Gasteiger partial charge in [-0.1, -0.05) is 46.2 Å². The van der Waals surface area contributed by atoms with Crippen LogP contribution in [0, 0.1) is 5.92 Å². The third-order valence-corrected chi connectivity index (χ3v) is 3.38. The number of carbonyl (C=O) groups is 1. The molecule has 0 bridgehead atoms. The minimum absolute atomic E-state index is 0. The summed E-state index contributed by atoms with van der Waals surface area (Å²) >= 11 is 0. The lowest BCUT2D eigenvalue weighted by Crippen LogP contribution is -2.40. The van der Waals surface area contributed by atoms with E-state index < -0.39 is 6.04 Å². The van der Waals surface area contributed by atoms with E-state index in [-0.39, 0.29) is 24.2 Å². The van der Waals surface area contributed by atoms with Gasteiger partial charge in [0.2, 0.25) is 5.91 Å². The number of hydrogen-bond donors (Lipinski definition) is 2. The molecule has 3 nitrogen and oxygen atoms in total. The molecule has 2 unspecified atom stereocenters. The van der Waals surface area contributed by atoms with Crippen molar-refractivity contribution in [2.45, 2.75) is 46.1 Å². The second kappa shape index (κ2) is 8.18. The highest BCUT2D eigenvalue weighted by atomic mass is 35.5. The number of amides is 1. The van der Waals surface area contributed by atoms with Crippen molar-refractivity contribution in [3.8, 4) is 0 Å². The normalized spacial score (nSPS) is 13.6. The maximum Gasteiger partial charge on any atom is 0.241 e. The standard InChI is InChI=1S/C15H24N2O.ClH/c1-5-11(4)14(16)15(18)17-13-8-6-7-12(9-13)10(2)3;/h6-11,14H,5,16H2,1-4H3,(H,17,18);1H. The molecule has 0 aliphatic rings. The van der Waals surface area contributed by atoms with Gasteiger partial charge in [0.1, 0.15) is 0 Å². The Balaban J connectivity index is 0.00000324. The molecular formula is C15H25ClN2O. The van der Waals surface area contributed by atoms with Crippen LogP contribution in [0.25, 0.3) is 0 Å². The molecule has 0 heterocycles. The Kier molecular flexibility index (Phi) is 7.72. The molecule has 1 aromatic carbocycles.